The van der Waals surface area contributed by atoms with Gasteiger partial charge in [-0.2, -0.15) is 13.2 Å². The lowest BCUT2D eigenvalue weighted by Crippen LogP contribution is -2.64. The van der Waals surface area contributed by atoms with E-state index in [1.54, 1.807) is 13.8 Å². The molecule has 0 saturated heterocycles. The molecule has 0 aromatic heterocycles. The van der Waals surface area contributed by atoms with Gasteiger partial charge in [-0.1, -0.05) is 0 Å². The quantitative estimate of drug-likeness (QED) is 0.784. The molecule has 0 radical (unpaired) electrons. The largest absolute Gasteiger partial charge is 0.415 e. The van der Waals surface area contributed by atoms with E-state index in [1.807, 2.05) is 0 Å². The van der Waals surface area contributed by atoms with E-state index in [0.717, 1.165) is 12.8 Å². The maximum absolute atomic E-state index is 12.5. The molecule has 3 nitrogen and oxygen atoms in total. The highest BCUT2D eigenvalue weighted by atomic mass is 19.4. The molecule has 0 spiro atoms. The summed E-state index contributed by atoms with van der Waals surface area (Å²) in [4.78, 5) is 11.5. The van der Waals surface area contributed by atoms with Crippen molar-refractivity contribution < 1.29 is 18.0 Å². The number of nitrogens with two attached hydrogens (primary N) is 1. The Kier molecular flexibility index (Phi) is 3.00. The third kappa shape index (κ3) is 2.48. The van der Waals surface area contributed by atoms with Crippen LogP contribution in [0.1, 0.15) is 33.6 Å². The summed E-state index contributed by atoms with van der Waals surface area (Å²) in [7, 11) is 0. The standard InChI is InChI=1S/C10H17F3N2O/c1-8(2,6-4-5-6)15-7(16)9(3,14)10(11,12)13/h6H,4-5,14H2,1-3H3,(H,15,16). The fraction of sp³-hybridized carbons (Fsp3) is 0.900. The number of carbonyl (C=O) groups excluding carboxylic acids is 1. The van der Waals surface area contributed by atoms with E-state index in [1.165, 1.54) is 0 Å². The molecular weight excluding hydrogens is 221 g/mol. The fourth-order valence-electron chi connectivity index (χ4n) is 1.46. The van der Waals surface area contributed by atoms with Crippen molar-refractivity contribution in [2.45, 2.75) is 50.9 Å². The topological polar surface area (TPSA) is 55.1 Å². The second-order valence-corrected chi connectivity index (χ2v) is 5.15. The van der Waals surface area contributed by atoms with E-state index >= 15 is 0 Å². The van der Waals surface area contributed by atoms with Crippen LogP contribution in [0.5, 0.6) is 0 Å². The van der Waals surface area contributed by atoms with E-state index in [2.05, 4.69) is 5.32 Å². The Morgan fingerprint density at radius 1 is 1.25 bits per heavy atom. The number of carbonyl (C=O) groups is 1. The molecule has 0 heterocycles. The van der Waals surface area contributed by atoms with Gasteiger partial charge in [-0.05, 0) is 39.5 Å². The summed E-state index contributed by atoms with van der Waals surface area (Å²) in [5, 5.41) is 2.38. The first-order chi connectivity index (χ1) is 6.98. The maximum atomic E-state index is 12.5. The van der Waals surface area contributed by atoms with Gasteiger partial charge in [0.1, 0.15) is 0 Å². The summed E-state index contributed by atoms with van der Waals surface area (Å²) < 4.78 is 37.5. The summed E-state index contributed by atoms with van der Waals surface area (Å²) in [5.41, 5.74) is 1.57. The smallest absolute Gasteiger partial charge is 0.349 e. The van der Waals surface area contributed by atoms with Crippen LogP contribution >= 0.6 is 0 Å². The SMILES string of the molecule is CC(C)(NC(=O)C(C)(N)C(F)(F)F)C1CC1. The molecular formula is C10H17F3N2O. The lowest BCUT2D eigenvalue weighted by atomic mass is 9.95. The van der Waals surface area contributed by atoms with Gasteiger partial charge in [0.25, 0.3) is 0 Å². The number of amides is 1. The van der Waals surface area contributed by atoms with Crippen molar-refractivity contribution in [1.29, 1.82) is 0 Å². The third-order valence-electron chi connectivity index (χ3n) is 3.09. The molecule has 0 aliphatic heterocycles. The second kappa shape index (κ2) is 3.61. The number of hydrogen-bond donors (Lipinski definition) is 2. The Bertz CT molecular complexity index is 293. The van der Waals surface area contributed by atoms with E-state index < -0.39 is 23.2 Å². The molecule has 16 heavy (non-hydrogen) atoms. The van der Waals surface area contributed by atoms with E-state index in [0.29, 0.717) is 6.92 Å². The third-order valence-corrected chi connectivity index (χ3v) is 3.09. The first-order valence-corrected chi connectivity index (χ1v) is 5.16. The molecule has 1 rings (SSSR count). The van der Waals surface area contributed by atoms with Gasteiger partial charge in [0.2, 0.25) is 5.91 Å². The van der Waals surface area contributed by atoms with E-state index in [4.69, 9.17) is 5.73 Å². The number of halogens is 3. The van der Waals surface area contributed by atoms with Gasteiger partial charge < -0.3 is 11.1 Å². The van der Waals surface area contributed by atoms with E-state index in [-0.39, 0.29) is 5.92 Å². The Morgan fingerprint density at radius 3 is 2.00 bits per heavy atom. The molecule has 3 N–H and O–H groups in total. The lowest BCUT2D eigenvalue weighted by molar-refractivity contribution is -0.188. The zero-order chi connectivity index (χ0) is 12.8. The van der Waals surface area contributed by atoms with Crippen LogP contribution in [0, 0.1) is 5.92 Å². The number of rotatable bonds is 3. The molecule has 0 aromatic rings. The van der Waals surface area contributed by atoms with Gasteiger partial charge in [0.05, 0.1) is 0 Å². The van der Waals surface area contributed by atoms with Crippen LogP contribution in [0.4, 0.5) is 13.2 Å². The van der Waals surface area contributed by atoms with Gasteiger partial charge in [0.15, 0.2) is 5.54 Å². The molecule has 94 valence electrons. The minimum Gasteiger partial charge on any atom is -0.349 e. The van der Waals surface area contributed by atoms with E-state index in [9.17, 15) is 18.0 Å². The van der Waals surface area contributed by atoms with Gasteiger partial charge >= 0.3 is 6.18 Å². The summed E-state index contributed by atoms with van der Waals surface area (Å²) in [6.07, 6.45) is -2.88. The van der Waals surface area contributed by atoms with Crippen LogP contribution in [-0.2, 0) is 4.79 Å². The van der Waals surface area contributed by atoms with Crippen molar-refractivity contribution in [3.63, 3.8) is 0 Å². The maximum Gasteiger partial charge on any atom is 0.415 e. The molecule has 1 atom stereocenters. The Hall–Kier alpha value is -0.780. The molecule has 1 aliphatic rings. The monoisotopic (exact) mass is 238 g/mol. The van der Waals surface area contributed by atoms with Gasteiger partial charge in [-0.25, -0.2) is 0 Å². The first kappa shape index (κ1) is 13.3. The molecule has 1 unspecified atom stereocenters. The van der Waals surface area contributed by atoms with Crippen LogP contribution in [0.15, 0.2) is 0 Å². The van der Waals surface area contributed by atoms with Crippen molar-refractivity contribution in [2.75, 3.05) is 0 Å². The van der Waals surface area contributed by atoms with Crippen molar-refractivity contribution in [2.24, 2.45) is 11.7 Å². The zero-order valence-electron chi connectivity index (χ0n) is 9.61. The minimum atomic E-state index is -4.74. The average molecular weight is 238 g/mol. The molecule has 6 heteroatoms. The Labute approximate surface area is 92.6 Å². The number of alkyl halides is 3. The molecule has 1 amide bonds. The molecule has 1 saturated carbocycles. The first-order valence-electron chi connectivity index (χ1n) is 5.16. The lowest BCUT2D eigenvalue weighted by Gasteiger charge is -2.33. The van der Waals surface area contributed by atoms with Crippen molar-refractivity contribution >= 4 is 5.91 Å². The second-order valence-electron chi connectivity index (χ2n) is 5.15. The van der Waals surface area contributed by atoms with Crippen molar-refractivity contribution in [1.82, 2.24) is 5.32 Å². The summed E-state index contributed by atoms with van der Waals surface area (Å²) in [6.45, 7) is 4.12. The van der Waals surface area contributed by atoms with Gasteiger partial charge in [-0.15, -0.1) is 0 Å². The molecule has 0 aromatic carbocycles. The predicted octanol–water partition coefficient (Wildman–Crippen LogP) is 1.57. The predicted molar refractivity (Wildman–Crippen MR) is 53.6 cm³/mol. The van der Waals surface area contributed by atoms with Crippen molar-refractivity contribution in [3.05, 3.63) is 0 Å². The van der Waals surface area contributed by atoms with Crippen molar-refractivity contribution in [3.8, 4) is 0 Å². The van der Waals surface area contributed by atoms with Gasteiger partial charge in [-0.3, -0.25) is 4.79 Å². The van der Waals surface area contributed by atoms with Crippen LogP contribution in [-0.4, -0.2) is 23.2 Å². The summed E-state index contributed by atoms with van der Waals surface area (Å²) >= 11 is 0. The number of nitrogens with one attached hydrogen (secondary N) is 1. The zero-order valence-corrected chi connectivity index (χ0v) is 9.61. The highest BCUT2D eigenvalue weighted by Gasteiger charge is 2.55. The molecule has 1 aliphatic carbocycles. The highest BCUT2D eigenvalue weighted by Crippen LogP contribution is 2.39. The number of hydrogen-bond acceptors (Lipinski definition) is 2. The van der Waals surface area contributed by atoms with Crippen LogP contribution in [0.2, 0.25) is 0 Å². The van der Waals surface area contributed by atoms with Gasteiger partial charge in [0, 0.05) is 5.54 Å². The highest BCUT2D eigenvalue weighted by molar-refractivity contribution is 5.87. The van der Waals surface area contributed by atoms with Crippen LogP contribution in [0.25, 0.3) is 0 Å². The molecule has 0 bridgehead atoms. The summed E-state index contributed by atoms with van der Waals surface area (Å²) in [5.74, 6) is -0.919. The fourth-order valence-corrected chi connectivity index (χ4v) is 1.46. The summed E-state index contributed by atoms with van der Waals surface area (Å²) in [6, 6.07) is 0. The van der Waals surface area contributed by atoms with Crippen LogP contribution < -0.4 is 11.1 Å². The van der Waals surface area contributed by atoms with Crippen LogP contribution in [0.3, 0.4) is 0 Å². The minimum absolute atomic E-state index is 0.250. The normalized spacial score (nSPS) is 21.4. The Balaban J connectivity index is 2.71. The Morgan fingerprint density at radius 2 is 1.69 bits per heavy atom. The average Bonchev–Trinajstić information content (AvgIpc) is 2.82. The molecule has 1 fully saturated rings.